The quantitative estimate of drug-likeness (QED) is 0.458. The number of carbonyl (C=O) groups excluding carboxylic acids is 2. The molecule has 5 heteroatoms. The first-order chi connectivity index (χ1) is 10.7. The van der Waals surface area contributed by atoms with Crippen LogP contribution in [0.25, 0.3) is 0 Å². The molecule has 0 spiro atoms. The summed E-state index contributed by atoms with van der Waals surface area (Å²) < 4.78 is 0. The van der Waals surface area contributed by atoms with E-state index in [9.17, 15) is 9.59 Å². The van der Waals surface area contributed by atoms with Crippen molar-refractivity contribution in [2.75, 3.05) is 12.3 Å². The van der Waals surface area contributed by atoms with E-state index in [1.165, 1.54) is 12.8 Å². The summed E-state index contributed by atoms with van der Waals surface area (Å²) in [5.74, 6) is 0.187. The average molecular weight is 322 g/mol. The highest BCUT2D eigenvalue weighted by Gasteiger charge is 2.20. The summed E-state index contributed by atoms with van der Waals surface area (Å²) >= 11 is 4.17. The lowest BCUT2D eigenvalue weighted by molar-refractivity contribution is -0.123. The van der Waals surface area contributed by atoms with Crippen LogP contribution in [-0.4, -0.2) is 30.2 Å². The molecule has 0 saturated carbocycles. The van der Waals surface area contributed by atoms with E-state index in [0.717, 1.165) is 12.8 Å². The molecule has 0 aromatic heterocycles. The first kappa shape index (κ1) is 18.6. The number of amides is 2. The smallest absolute Gasteiger partial charge is 0.251 e. The largest absolute Gasteiger partial charge is 0.354 e. The van der Waals surface area contributed by atoms with Crippen molar-refractivity contribution in [2.45, 2.75) is 45.1 Å². The molecule has 1 rings (SSSR count). The van der Waals surface area contributed by atoms with E-state index in [2.05, 4.69) is 30.2 Å². The van der Waals surface area contributed by atoms with E-state index in [1.807, 2.05) is 6.07 Å². The molecule has 1 aromatic rings. The minimum Gasteiger partial charge on any atom is -0.354 e. The lowest BCUT2D eigenvalue weighted by atomic mass is 10.1. The molecule has 1 aromatic carbocycles. The molecule has 2 N–H and O–H groups in total. The highest BCUT2D eigenvalue weighted by atomic mass is 32.1. The zero-order chi connectivity index (χ0) is 16.2. The van der Waals surface area contributed by atoms with Gasteiger partial charge >= 0.3 is 0 Å². The van der Waals surface area contributed by atoms with Crippen LogP contribution in [0, 0.1) is 0 Å². The minimum atomic E-state index is -0.531. The van der Waals surface area contributed by atoms with Gasteiger partial charge in [-0.1, -0.05) is 44.4 Å². The Morgan fingerprint density at radius 1 is 1.14 bits per heavy atom. The van der Waals surface area contributed by atoms with Gasteiger partial charge in [-0.3, -0.25) is 9.59 Å². The highest BCUT2D eigenvalue weighted by molar-refractivity contribution is 7.80. The molecule has 0 saturated heterocycles. The van der Waals surface area contributed by atoms with Gasteiger partial charge in [0.15, 0.2) is 0 Å². The van der Waals surface area contributed by atoms with E-state index in [-0.39, 0.29) is 11.8 Å². The Morgan fingerprint density at radius 3 is 2.50 bits per heavy atom. The molecule has 4 nitrogen and oxygen atoms in total. The van der Waals surface area contributed by atoms with Crippen molar-refractivity contribution >= 4 is 24.4 Å². The van der Waals surface area contributed by atoms with Crippen molar-refractivity contribution in [3.05, 3.63) is 35.9 Å². The van der Waals surface area contributed by atoms with E-state index in [4.69, 9.17) is 0 Å². The molecule has 22 heavy (non-hydrogen) atoms. The molecule has 0 aliphatic rings. The maximum atomic E-state index is 12.2. The van der Waals surface area contributed by atoms with Gasteiger partial charge in [-0.15, -0.1) is 0 Å². The Balaban J connectivity index is 2.46. The van der Waals surface area contributed by atoms with Crippen LogP contribution < -0.4 is 10.6 Å². The number of benzene rings is 1. The van der Waals surface area contributed by atoms with Gasteiger partial charge in [0, 0.05) is 12.1 Å². The van der Waals surface area contributed by atoms with Gasteiger partial charge in [-0.05, 0) is 30.7 Å². The molecular weight excluding hydrogens is 296 g/mol. The second kappa shape index (κ2) is 11.1. The first-order valence-electron chi connectivity index (χ1n) is 7.93. The van der Waals surface area contributed by atoms with Crippen LogP contribution in [0.5, 0.6) is 0 Å². The predicted octanol–water partition coefficient (Wildman–Crippen LogP) is 2.80. The Hall–Kier alpha value is -1.49. The molecule has 0 heterocycles. The molecule has 122 valence electrons. The number of hydrogen-bond donors (Lipinski definition) is 3. The minimum absolute atomic E-state index is 0.130. The maximum Gasteiger partial charge on any atom is 0.251 e. The molecule has 1 unspecified atom stereocenters. The molecule has 0 bridgehead atoms. The maximum absolute atomic E-state index is 12.2. The summed E-state index contributed by atoms with van der Waals surface area (Å²) in [4.78, 5) is 24.3. The number of thiol groups is 1. The van der Waals surface area contributed by atoms with Gasteiger partial charge in [-0.25, -0.2) is 0 Å². The van der Waals surface area contributed by atoms with Crippen LogP contribution in [0.2, 0.25) is 0 Å². The predicted molar refractivity (Wildman–Crippen MR) is 93.3 cm³/mol. The first-order valence-corrected chi connectivity index (χ1v) is 8.56. The number of nitrogens with one attached hydrogen (secondary N) is 2. The molecular formula is C17H26N2O2S. The standard InChI is InChI=1S/C17H26N2O2S/c1-2-3-4-8-12-18-17(21)15(11-13-22)19-16(20)14-9-6-5-7-10-14/h5-7,9-10,15,22H,2-4,8,11-13H2,1H3,(H,18,21)(H,19,20). The number of hydrogen-bond acceptors (Lipinski definition) is 3. The van der Waals surface area contributed by atoms with Gasteiger partial charge in [0.1, 0.15) is 6.04 Å². The lowest BCUT2D eigenvalue weighted by Gasteiger charge is -2.17. The van der Waals surface area contributed by atoms with Gasteiger partial charge in [0.25, 0.3) is 5.91 Å². The summed E-state index contributed by atoms with van der Waals surface area (Å²) in [6, 6.07) is 8.39. The van der Waals surface area contributed by atoms with Crippen molar-refractivity contribution < 1.29 is 9.59 Å². The second-order valence-electron chi connectivity index (χ2n) is 5.26. The Labute approximate surface area is 138 Å². The summed E-state index contributed by atoms with van der Waals surface area (Å²) in [6.45, 7) is 2.81. The molecule has 0 fully saturated rings. The van der Waals surface area contributed by atoms with Crippen molar-refractivity contribution in [1.29, 1.82) is 0 Å². The van der Waals surface area contributed by atoms with Crippen molar-refractivity contribution in [2.24, 2.45) is 0 Å². The van der Waals surface area contributed by atoms with E-state index < -0.39 is 6.04 Å². The monoisotopic (exact) mass is 322 g/mol. The number of carbonyl (C=O) groups is 2. The van der Waals surface area contributed by atoms with Gasteiger partial charge < -0.3 is 10.6 Å². The lowest BCUT2D eigenvalue weighted by Crippen LogP contribution is -2.47. The Kier molecular flexibility index (Phi) is 9.39. The van der Waals surface area contributed by atoms with Crippen molar-refractivity contribution in [3.8, 4) is 0 Å². The van der Waals surface area contributed by atoms with Gasteiger partial charge in [0.2, 0.25) is 5.91 Å². The van der Waals surface area contributed by atoms with Crippen LogP contribution in [0.4, 0.5) is 0 Å². The van der Waals surface area contributed by atoms with E-state index in [1.54, 1.807) is 24.3 Å². The van der Waals surface area contributed by atoms with E-state index >= 15 is 0 Å². The van der Waals surface area contributed by atoms with Crippen LogP contribution >= 0.6 is 12.6 Å². The Bertz CT molecular complexity index is 451. The molecule has 0 aliphatic carbocycles. The zero-order valence-corrected chi connectivity index (χ0v) is 14.1. The van der Waals surface area contributed by atoms with E-state index in [0.29, 0.717) is 24.3 Å². The van der Waals surface area contributed by atoms with Gasteiger partial charge in [-0.2, -0.15) is 12.6 Å². The summed E-state index contributed by atoms with van der Waals surface area (Å²) in [5, 5.41) is 5.68. The third kappa shape index (κ3) is 6.98. The van der Waals surface area contributed by atoms with Crippen molar-refractivity contribution in [3.63, 3.8) is 0 Å². The van der Waals surface area contributed by atoms with Crippen LogP contribution in [0.3, 0.4) is 0 Å². The van der Waals surface area contributed by atoms with Crippen LogP contribution in [0.15, 0.2) is 30.3 Å². The highest BCUT2D eigenvalue weighted by Crippen LogP contribution is 2.02. The normalized spacial score (nSPS) is 11.7. The zero-order valence-electron chi connectivity index (χ0n) is 13.2. The SMILES string of the molecule is CCCCCCNC(=O)C(CCS)NC(=O)c1ccccc1. The summed E-state index contributed by atoms with van der Waals surface area (Å²) in [5.41, 5.74) is 0.558. The second-order valence-corrected chi connectivity index (χ2v) is 5.70. The molecule has 1 atom stereocenters. The fraction of sp³-hybridized carbons (Fsp3) is 0.529. The van der Waals surface area contributed by atoms with Crippen molar-refractivity contribution in [1.82, 2.24) is 10.6 Å². The molecule has 0 aliphatic heterocycles. The summed E-state index contributed by atoms with van der Waals surface area (Å²) in [6.07, 6.45) is 4.96. The fourth-order valence-electron chi connectivity index (χ4n) is 2.12. The number of rotatable bonds is 10. The summed E-state index contributed by atoms with van der Waals surface area (Å²) in [7, 11) is 0. The van der Waals surface area contributed by atoms with Gasteiger partial charge in [0.05, 0.1) is 0 Å². The Morgan fingerprint density at radius 2 is 1.86 bits per heavy atom. The fourth-order valence-corrected chi connectivity index (χ4v) is 2.37. The van der Waals surface area contributed by atoms with Crippen LogP contribution in [0.1, 0.15) is 49.4 Å². The topological polar surface area (TPSA) is 58.2 Å². The third-order valence-electron chi connectivity index (χ3n) is 3.41. The molecule has 0 radical (unpaired) electrons. The number of unbranched alkanes of at least 4 members (excludes halogenated alkanes) is 3. The van der Waals surface area contributed by atoms with Crippen LogP contribution in [-0.2, 0) is 4.79 Å². The average Bonchev–Trinajstić information content (AvgIpc) is 2.54. The third-order valence-corrected chi connectivity index (χ3v) is 3.66. The molecule has 2 amide bonds.